The summed E-state index contributed by atoms with van der Waals surface area (Å²) in [6.45, 7) is 2.05. The summed E-state index contributed by atoms with van der Waals surface area (Å²) in [5.41, 5.74) is 3.56. The van der Waals surface area contributed by atoms with E-state index in [1.807, 2.05) is 18.2 Å². The number of nitrogens with one attached hydrogen (secondary N) is 3. The van der Waals surface area contributed by atoms with Gasteiger partial charge in [-0.25, -0.2) is 4.98 Å². The van der Waals surface area contributed by atoms with Crippen molar-refractivity contribution in [3.63, 3.8) is 0 Å². The average Bonchev–Trinajstić information content (AvgIpc) is 3.22. The van der Waals surface area contributed by atoms with Gasteiger partial charge in [0.05, 0.1) is 33.1 Å². The van der Waals surface area contributed by atoms with Crippen LogP contribution in [0.4, 0.5) is 11.5 Å². The summed E-state index contributed by atoms with van der Waals surface area (Å²) in [5.74, 6) is 1.82. The molecule has 1 atom stereocenters. The Morgan fingerprint density at radius 3 is 2.48 bits per heavy atom. The SMILES string of the molecule is COc1cc2c(c(OC)c1OC)-c1ccc(NCCCCCC(=O)Nc3ccccn3)c(=O)cc1C(NC(C)=O)CC2. The maximum absolute atomic E-state index is 13.4. The van der Waals surface area contributed by atoms with E-state index in [2.05, 4.69) is 20.9 Å². The summed E-state index contributed by atoms with van der Waals surface area (Å²) < 4.78 is 17.1. The van der Waals surface area contributed by atoms with Crippen LogP contribution in [0.2, 0.25) is 0 Å². The maximum Gasteiger partial charge on any atom is 0.225 e. The number of carbonyl (C=O) groups is 2. The molecule has 2 aromatic carbocycles. The third-order valence-electron chi connectivity index (χ3n) is 7.24. The number of hydrogen-bond acceptors (Lipinski definition) is 8. The number of aromatic nitrogens is 1. The molecule has 2 amide bonds. The summed E-state index contributed by atoms with van der Waals surface area (Å²) in [6.07, 6.45) is 5.60. The van der Waals surface area contributed by atoms with Crippen molar-refractivity contribution in [2.24, 2.45) is 0 Å². The lowest BCUT2D eigenvalue weighted by atomic mass is 9.95. The van der Waals surface area contributed by atoms with Gasteiger partial charge in [-0.05, 0) is 72.7 Å². The molecule has 0 saturated heterocycles. The predicted octanol–water partition coefficient (Wildman–Crippen LogP) is 4.87. The molecule has 0 saturated carbocycles. The number of methoxy groups -OCH3 is 3. The van der Waals surface area contributed by atoms with Gasteiger partial charge in [-0.3, -0.25) is 14.4 Å². The van der Waals surface area contributed by atoms with Crippen LogP contribution < -0.4 is 35.6 Å². The Morgan fingerprint density at radius 1 is 0.976 bits per heavy atom. The molecular formula is C32H38N4O6. The van der Waals surface area contributed by atoms with Crippen molar-refractivity contribution in [1.82, 2.24) is 10.3 Å². The number of hydrogen-bond donors (Lipinski definition) is 3. The van der Waals surface area contributed by atoms with Crippen molar-refractivity contribution in [1.29, 1.82) is 0 Å². The smallest absolute Gasteiger partial charge is 0.225 e. The maximum atomic E-state index is 13.4. The molecule has 4 rings (SSSR count). The highest BCUT2D eigenvalue weighted by Gasteiger charge is 2.29. The van der Waals surface area contributed by atoms with E-state index in [0.29, 0.717) is 60.1 Å². The summed E-state index contributed by atoms with van der Waals surface area (Å²) in [6, 6.07) is 12.2. The van der Waals surface area contributed by atoms with E-state index in [9.17, 15) is 14.4 Å². The number of rotatable bonds is 12. The van der Waals surface area contributed by atoms with Crippen molar-refractivity contribution in [3.05, 3.63) is 70.0 Å². The zero-order chi connectivity index (χ0) is 30.1. The Labute approximate surface area is 245 Å². The molecule has 0 bridgehead atoms. The number of pyridine rings is 1. The van der Waals surface area contributed by atoms with E-state index in [1.165, 1.54) is 6.92 Å². The number of benzene rings is 1. The molecule has 1 heterocycles. The third kappa shape index (κ3) is 7.18. The monoisotopic (exact) mass is 574 g/mol. The number of aryl methyl sites for hydroxylation is 1. The van der Waals surface area contributed by atoms with Gasteiger partial charge < -0.3 is 30.2 Å². The first-order chi connectivity index (χ1) is 20.4. The van der Waals surface area contributed by atoms with Gasteiger partial charge in [0.25, 0.3) is 0 Å². The summed E-state index contributed by atoms with van der Waals surface area (Å²) in [4.78, 5) is 41.8. The lowest BCUT2D eigenvalue weighted by Crippen LogP contribution is -2.26. The van der Waals surface area contributed by atoms with Crippen LogP contribution in [0.25, 0.3) is 11.1 Å². The molecule has 0 fully saturated rings. The molecule has 1 aliphatic carbocycles. The second-order valence-electron chi connectivity index (χ2n) is 10.1. The molecule has 42 heavy (non-hydrogen) atoms. The minimum Gasteiger partial charge on any atom is -0.493 e. The second kappa shape index (κ2) is 14.3. The van der Waals surface area contributed by atoms with Gasteiger partial charge >= 0.3 is 0 Å². The van der Waals surface area contributed by atoms with Crippen molar-refractivity contribution >= 4 is 23.3 Å². The highest BCUT2D eigenvalue weighted by atomic mass is 16.5. The Balaban J connectivity index is 1.53. The fraction of sp³-hybridized carbons (Fsp3) is 0.375. The molecular weight excluding hydrogens is 536 g/mol. The van der Waals surface area contributed by atoms with Gasteiger partial charge in [-0.2, -0.15) is 0 Å². The highest BCUT2D eigenvalue weighted by molar-refractivity contribution is 5.89. The van der Waals surface area contributed by atoms with Gasteiger partial charge in [-0.1, -0.05) is 18.6 Å². The summed E-state index contributed by atoms with van der Waals surface area (Å²) in [7, 11) is 4.71. The average molecular weight is 575 g/mol. The number of fused-ring (bicyclic) bond motifs is 3. The molecule has 10 heteroatoms. The zero-order valence-electron chi connectivity index (χ0n) is 24.5. The molecule has 0 aliphatic heterocycles. The van der Waals surface area contributed by atoms with Gasteiger partial charge in [0, 0.05) is 31.6 Å². The van der Waals surface area contributed by atoms with Crippen molar-refractivity contribution in [2.45, 2.75) is 51.5 Å². The number of ether oxygens (including phenoxy) is 3. The van der Waals surface area contributed by atoms with E-state index in [0.717, 1.165) is 36.0 Å². The van der Waals surface area contributed by atoms with E-state index in [-0.39, 0.29) is 23.3 Å². The minimum absolute atomic E-state index is 0.0706. The normalized spacial score (nSPS) is 13.6. The van der Waals surface area contributed by atoms with Crippen LogP contribution in [0.15, 0.2) is 53.5 Å². The molecule has 0 radical (unpaired) electrons. The predicted molar refractivity (Wildman–Crippen MR) is 163 cm³/mol. The Bertz CT molecular complexity index is 1480. The lowest BCUT2D eigenvalue weighted by Gasteiger charge is -2.19. The van der Waals surface area contributed by atoms with Crippen molar-refractivity contribution in [2.75, 3.05) is 38.5 Å². The first-order valence-corrected chi connectivity index (χ1v) is 14.1. The van der Waals surface area contributed by atoms with Gasteiger partial charge in [-0.15, -0.1) is 0 Å². The summed E-state index contributed by atoms with van der Waals surface area (Å²) in [5, 5.41) is 9.07. The number of carbonyl (C=O) groups excluding carboxylic acids is 2. The molecule has 0 spiro atoms. The topological polar surface area (TPSA) is 128 Å². The fourth-order valence-corrected chi connectivity index (χ4v) is 5.31. The van der Waals surface area contributed by atoms with Crippen molar-refractivity contribution in [3.8, 4) is 28.4 Å². The van der Waals surface area contributed by atoms with E-state index in [1.54, 1.807) is 51.8 Å². The van der Waals surface area contributed by atoms with Crippen LogP contribution in [-0.2, 0) is 16.0 Å². The molecule has 3 N–H and O–H groups in total. The molecule has 1 unspecified atom stereocenters. The fourth-order valence-electron chi connectivity index (χ4n) is 5.31. The van der Waals surface area contributed by atoms with Gasteiger partial charge in [0.1, 0.15) is 5.82 Å². The zero-order valence-corrected chi connectivity index (χ0v) is 24.5. The van der Waals surface area contributed by atoms with E-state index >= 15 is 0 Å². The Morgan fingerprint density at radius 2 is 1.79 bits per heavy atom. The van der Waals surface area contributed by atoms with E-state index < -0.39 is 0 Å². The molecule has 1 aromatic heterocycles. The standard InChI is InChI=1S/C32H38N4O6/c1-20(37)35-24-14-12-21-18-27(40-2)31(41-3)32(42-4)30(21)22-13-15-25(26(38)19-23(22)24)33-16-8-5-6-11-29(39)36-28-10-7-9-17-34-28/h7,9-10,13,15,17-19,24H,5-6,8,11-12,14,16H2,1-4H3,(H,33,38)(H,35,37)(H,34,36,39). The van der Waals surface area contributed by atoms with Crippen LogP contribution in [0.3, 0.4) is 0 Å². The first kappa shape index (κ1) is 30.4. The van der Waals surface area contributed by atoms with Gasteiger partial charge in [0.15, 0.2) is 11.5 Å². The molecule has 222 valence electrons. The van der Waals surface area contributed by atoms with Gasteiger partial charge in [0.2, 0.25) is 23.0 Å². The quantitative estimate of drug-likeness (QED) is 0.262. The number of anilines is 2. The summed E-state index contributed by atoms with van der Waals surface area (Å²) >= 11 is 0. The number of unbranched alkanes of at least 4 members (excludes halogenated alkanes) is 2. The minimum atomic E-state index is -0.364. The van der Waals surface area contributed by atoms with Crippen LogP contribution in [0.1, 0.15) is 56.2 Å². The lowest BCUT2D eigenvalue weighted by molar-refractivity contribution is -0.119. The van der Waals surface area contributed by atoms with Crippen LogP contribution >= 0.6 is 0 Å². The number of amides is 2. The Hall–Kier alpha value is -4.60. The highest BCUT2D eigenvalue weighted by Crippen LogP contribution is 2.50. The molecule has 1 aliphatic rings. The first-order valence-electron chi connectivity index (χ1n) is 14.1. The largest absolute Gasteiger partial charge is 0.493 e. The van der Waals surface area contributed by atoms with Crippen LogP contribution in [0, 0.1) is 0 Å². The van der Waals surface area contributed by atoms with Crippen molar-refractivity contribution < 1.29 is 23.8 Å². The Kier molecular flexibility index (Phi) is 10.4. The third-order valence-corrected chi connectivity index (χ3v) is 7.24. The number of nitrogens with zero attached hydrogens (tertiary/aromatic N) is 1. The molecule has 10 nitrogen and oxygen atoms in total. The second-order valence-corrected chi connectivity index (χ2v) is 10.1. The van der Waals surface area contributed by atoms with Crippen LogP contribution in [0.5, 0.6) is 17.2 Å². The molecule has 3 aromatic rings. The van der Waals surface area contributed by atoms with E-state index in [4.69, 9.17) is 14.2 Å². The van der Waals surface area contributed by atoms with Crippen LogP contribution in [-0.4, -0.2) is 44.7 Å².